The molecule has 0 unspecified atom stereocenters. The summed E-state index contributed by atoms with van der Waals surface area (Å²) in [6.07, 6.45) is 0. The molecule has 0 aromatic carbocycles. The number of rotatable bonds is 1. The Hall–Kier alpha value is 0.120. The molecule has 34 valence electrons. The molecule has 0 radical (unpaired) electrons. The third-order valence-electron chi connectivity index (χ3n) is 0.512. The lowest BCUT2D eigenvalue weighted by Gasteiger charge is -1.64. The highest BCUT2D eigenvalue weighted by atomic mass is 35.5. The first-order chi connectivity index (χ1) is 2.84. The first-order valence-electron chi connectivity index (χ1n) is 1.47. The van der Waals surface area contributed by atoms with Gasteiger partial charge in [0, 0.05) is 0 Å². The SMILES string of the molecule is ClCC1=C(Cl)O1. The Labute approximate surface area is 45.5 Å². The summed E-state index contributed by atoms with van der Waals surface area (Å²) < 4.78 is 4.53. The van der Waals surface area contributed by atoms with E-state index in [2.05, 4.69) is 4.74 Å². The van der Waals surface area contributed by atoms with E-state index < -0.39 is 0 Å². The summed E-state index contributed by atoms with van der Waals surface area (Å²) in [6, 6.07) is 0. The normalized spacial score (nSPS) is 17.7. The molecule has 1 aliphatic heterocycles. The molecule has 1 aliphatic rings. The van der Waals surface area contributed by atoms with Gasteiger partial charge in [0.05, 0.1) is 5.88 Å². The van der Waals surface area contributed by atoms with Gasteiger partial charge in [-0.05, 0) is 11.6 Å². The third-order valence-corrected chi connectivity index (χ3v) is 1.04. The molecule has 0 aromatic rings. The number of halogens is 2. The summed E-state index contributed by atoms with van der Waals surface area (Å²) in [6.45, 7) is 0. The highest BCUT2D eigenvalue weighted by molar-refractivity contribution is 6.31. The molecule has 0 saturated heterocycles. The molecule has 1 rings (SSSR count). The minimum absolute atomic E-state index is 0.402. The van der Waals surface area contributed by atoms with Crippen LogP contribution in [0.5, 0.6) is 0 Å². The monoisotopic (exact) mass is 124 g/mol. The van der Waals surface area contributed by atoms with Gasteiger partial charge < -0.3 is 4.74 Å². The summed E-state index contributed by atoms with van der Waals surface area (Å²) in [5.74, 6) is 1.11. The van der Waals surface area contributed by atoms with Gasteiger partial charge in [0.1, 0.15) is 0 Å². The van der Waals surface area contributed by atoms with Crippen LogP contribution in [0.15, 0.2) is 11.0 Å². The van der Waals surface area contributed by atoms with Gasteiger partial charge in [0.25, 0.3) is 0 Å². The number of hydrogen-bond donors (Lipinski definition) is 0. The number of alkyl halides is 1. The predicted octanol–water partition coefficient (Wildman–Crippen LogP) is 1.66. The fourth-order valence-electron chi connectivity index (χ4n) is 0.162. The minimum Gasteiger partial charge on any atom is -0.440 e. The Morgan fingerprint density at radius 3 is 2.17 bits per heavy atom. The summed E-state index contributed by atoms with van der Waals surface area (Å²) in [7, 11) is 0. The van der Waals surface area contributed by atoms with Crippen LogP contribution in [0.3, 0.4) is 0 Å². The fourth-order valence-corrected chi connectivity index (χ4v) is 0.567. The lowest BCUT2D eigenvalue weighted by atomic mass is 10.7. The zero-order valence-electron chi connectivity index (χ0n) is 2.87. The second-order valence-electron chi connectivity index (χ2n) is 0.933. The van der Waals surface area contributed by atoms with E-state index in [4.69, 9.17) is 23.2 Å². The van der Waals surface area contributed by atoms with Crippen LogP contribution in [0, 0.1) is 0 Å². The van der Waals surface area contributed by atoms with Crippen molar-refractivity contribution in [2.75, 3.05) is 5.88 Å². The standard InChI is InChI=1S/C3H2Cl2O/c4-1-2-3(5)6-2/h1H2. The number of hydrogen-bond acceptors (Lipinski definition) is 1. The van der Waals surface area contributed by atoms with Crippen molar-refractivity contribution in [1.82, 2.24) is 0 Å². The van der Waals surface area contributed by atoms with Gasteiger partial charge >= 0.3 is 0 Å². The Balaban J connectivity index is 2.38. The fraction of sp³-hybridized carbons (Fsp3) is 0.333. The smallest absolute Gasteiger partial charge is 0.233 e. The minimum atomic E-state index is 0.402. The molecule has 6 heavy (non-hydrogen) atoms. The van der Waals surface area contributed by atoms with E-state index in [1.54, 1.807) is 0 Å². The Kier molecular flexibility index (Phi) is 0.941. The molecule has 0 bridgehead atoms. The third kappa shape index (κ3) is 0.608. The molecule has 1 nitrogen and oxygen atoms in total. The molecular weight excluding hydrogens is 123 g/mol. The molecule has 0 N–H and O–H groups in total. The van der Waals surface area contributed by atoms with E-state index in [9.17, 15) is 0 Å². The quantitative estimate of drug-likeness (QED) is 0.485. The maximum Gasteiger partial charge on any atom is 0.233 e. The zero-order valence-corrected chi connectivity index (χ0v) is 4.38. The van der Waals surface area contributed by atoms with Gasteiger partial charge in [0.15, 0.2) is 5.76 Å². The molecule has 0 aliphatic carbocycles. The summed E-state index contributed by atoms with van der Waals surface area (Å²) in [4.78, 5) is 0. The molecule has 3 heteroatoms. The average Bonchev–Trinajstić information content (AvgIpc) is 2.19. The molecule has 0 aromatic heterocycles. The van der Waals surface area contributed by atoms with Crippen molar-refractivity contribution in [1.29, 1.82) is 0 Å². The van der Waals surface area contributed by atoms with Gasteiger partial charge in [-0.25, -0.2) is 0 Å². The van der Waals surface area contributed by atoms with Crippen LogP contribution in [0.25, 0.3) is 0 Å². The molecule has 0 atom stereocenters. The van der Waals surface area contributed by atoms with Crippen molar-refractivity contribution in [3.63, 3.8) is 0 Å². The van der Waals surface area contributed by atoms with E-state index >= 15 is 0 Å². The van der Waals surface area contributed by atoms with E-state index in [0.717, 1.165) is 0 Å². The molecule has 0 amide bonds. The van der Waals surface area contributed by atoms with E-state index in [1.165, 1.54) is 0 Å². The van der Waals surface area contributed by atoms with Crippen LogP contribution >= 0.6 is 23.2 Å². The summed E-state index contributed by atoms with van der Waals surface area (Å²) >= 11 is 10.5. The second kappa shape index (κ2) is 1.32. The maximum absolute atomic E-state index is 5.23. The van der Waals surface area contributed by atoms with Crippen LogP contribution in [0.1, 0.15) is 0 Å². The number of ether oxygens (including phenoxy) is 1. The van der Waals surface area contributed by atoms with Crippen LogP contribution in [0.2, 0.25) is 0 Å². The molecule has 0 spiro atoms. The van der Waals surface area contributed by atoms with Crippen LogP contribution in [-0.2, 0) is 4.74 Å². The lowest BCUT2D eigenvalue weighted by molar-refractivity contribution is 0.494. The maximum atomic E-state index is 5.23. The van der Waals surface area contributed by atoms with Crippen LogP contribution in [0.4, 0.5) is 0 Å². The van der Waals surface area contributed by atoms with Crippen molar-refractivity contribution in [2.45, 2.75) is 0 Å². The molecule has 1 heterocycles. The second-order valence-corrected chi connectivity index (χ2v) is 1.54. The average molecular weight is 125 g/mol. The van der Waals surface area contributed by atoms with Gasteiger partial charge in [-0.3, -0.25) is 0 Å². The van der Waals surface area contributed by atoms with Gasteiger partial charge in [-0.1, -0.05) is 0 Å². The summed E-state index contributed by atoms with van der Waals surface area (Å²) in [5, 5.41) is 0.463. The summed E-state index contributed by atoms with van der Waals surface area (Å²) in [5.41, 5.74) is 0. The van der Waals surface area contributed by atoms with Crippen molar-refractivity contribution in [2.24, 2.45) is 0 Å². The first kappa shape index (κ1) is 4.28. The Morgan fingerprint density at radius 2 is 2.17 bits per heavy atom. The topological polar surface area (TPSA) is 12.5 Å². The zero-order chi connectivity index (χ0) is 4.57. The Bertz CT molecular complexity index is 97.0. The molecule has 0 saturated carbocycles. The van der Waals surface area contributed by atoms with Gasteiger partial charge in [0.2, 0.25) is 5.22 Å². The highest BCUT2D eigenvalue weighted by Gasteiger charge is 2.20. The molecular formula is C3H2Cl2O. The first-order valence-corrected chi connectivity index (χ1v) is 2.38. The van der Waals surface area contributed by atoms with Crippen molar-refractivity contribution < 1.29 is 4.74 Å². The highest BCUT2D eigenvalue weighted by Crippen LogP contribution is 2.29. The van der Waals surface area contributed by atoms with Gasteiger partial charge in [-0.15, -0.1) is 11.6 Å². The van der Waals surface area contributed by atoms with Gasteiger partial charge in [-0.2, -0.15) is 0 Å². The number of allylic oxidation sites excluding steroid dienone is 1. The van der Waals surface area contributed by atoms with E-state index in [0.29, 0.717) is 16.9 Å². The predicted molar refractivity (Wildman–Crippen MR) is 24.7 cm³/mol. The van der Waals surface area contributed by atoms with Crippen molar-refractivity contribution in [3.8, 4) is 0 Å². The van der Waals surface area contributed by atoms with Crippen LogP contribution in [-0.4, -0.2) is 5.88 Å². The largest absolute Gasteiger partial charge is 0.440 e. The lowest BCUT2D eigenvalue weighted by Crippen LogP contribution is -1.58. The van der Waals surface area contributed by atoms with Crippen molar-refractivity contribution >= 4 is 23.2 Å². The van der Waals surface area contributed by atoms with E-state index in [-0.39, 0.29) is 0 Å². The van der Waals surface area contributed by atoms with Crippen molar-refractivity contribution in [3.05, 3.63) is 11.0 Å². The molecule has 0 fully saturated rings. The Morgan fingerprint density at radius 1 is 1.67 bits per heavy atom. The van der Waals surface area contributed by atoms with E-state index in [1.807, 2.05) is 0 Å². The van der Waals surface area contributed by atoms with Crippen LogP contribution < -0.4 is 0 Å².